The lowest BCUT2D eigenvalue weighted by atomic mass is 10.1. The fourth-order valence-corrected chi connectivity index (χ4v) is 1.33. The van der Waals surface area contributed by atoms with E-state index in [1.54, 1.807) is 0 Å². The Morgan fingerprint density at radius 2 is 2.00 bits per heavy atom. The highest BCUT2D eigenvalue weighted by Gasteiger charge is 2.32. The number of ether oxygens (including phenoxy) is 1. The molecule has 1 rings (SSSR count). The quantitative estimate of drug-likeness (QED) is 0.733. The number of hydrogen-bond acceptors (Lipinski definition) is 4. The average Bonchev–Trinajstić information content (AvgIpc) is 2.18. The molecule has 0 saturated heterocycles. The molecule has 0 fully saturated rings. The Labute approximate surface area is 99.0 Å². The number of benzene rings is 1. The van der Waals surface area contributed by atoms with Crippen molar-refractivity contribution in [1.82, 2.24) is 0 Å². The van der Waals surface area contributed by atoms with Crippen molar-refractivity contribution >= 4 is 18.6 Å². The SMILES string of the molecule is O=C(O)C(O)c1ccc(OC(F)(F)F)c(S)c1. The van der Waals surface area contributed by atoms with E-state index in [9.17, 15) is 18.0 Å². The van der Waals surface area contributed by atoms with E-state index >= 15 is 0 Å². The van der Waals surface area contributed by atoms with Gasteiger partial charge in [-0.05, 0) is 17.7 Å². The van der Waals surface area contributed by atoms with E-state index in [4.69, 9.17) is 10.2 Å². The predicted molar refractivity (Wildman–Crippen MR) is 53.0 cm³/mol. The number of aliphatic hydroxyl groups excluding tert-OH is 1. The van der Waals surface area contributed by atoms with E-state index in [2.05, 4.69) is 17.4 Å². The average molecular weight is 268 g/mol. The topological polar surface area (TPSA) is 66.8 Å². The first-order valence-corrected chi connectivity index (χ1v) is 4.65. The second-order valence-corrected chi connectivity index (χ2v) is 3.50. The fourth-order valence-electron chi connectivity index (χ4n) is 1.06. The first kappa shape index (κ1) is 13.7. The first-order chi connectivity index (χ1) is 7.70. The van der Waals surface area contributed by atoms with Gasteiger partial charge in [-0.3, -0.25) is 0 Å². The first-order valence-electron chi connectivity index (χ1n) is 4.20. The lowest BCUT2D eigenvalue weighted by Crippen LogP contribution is -2.17. The molecular weight excluding hydrogens is 261 g/mol. The van der Waals surface area contributed by atoms with Crippen LogP contribution in [0.5, 0.6) is 5.75 Å². The van der Waals surface area contributed by atoms with Gasteiger partial charge in [-0.15, -0.1) is 25.8 Å². The lowest BCUT2D eigenvalue weighted by Gasteiger charge is -2.12. The third-order valence-electron chi connectivity index (χ3n) is 1.76. The number of aliphatic hydroxyl groups is 1. The van der Waals surface area contributed by atoms with E-state index in [0.29, 0.717) is 0 Å². The molecule has 0 radical (unpaired) electrons. The Morgan fingerprint density at radius 3 is 2.41 bits per heavy atom. The highest BCUT2D eigenvalue weighted by molar-refractivity contribution is 7.80. The van der Waals surface area contributed by atoms with Crippen molar-refractivity contribution < 1.29 is 32.9 Å². The molecule has 94 valence electrons. The van der Waals surface area contributed by atoms with Gasteiger partial charge in [0.15, 0.2) is 6.10 Å². The van der Waals surface area contributed by atoms with Crippen molar-refractivity contribution in [3.63, 3.8) is 0 Å². The fraction of sp³-hybridized carbons (Fsp3) is 0.222. The minimum Gasteiger partial charge on any atom is -0.479 e. The molecule has 1 unspecified atom stereocenters. The summed E-state index contributed by atoms with van der Waals surface area (Å²) in [6.45, 7) is 0. The molecule has 0 heterocycles. The number of hydrogen-bond donors (Lipinski definition) is 3. The van der Waals surface area contributed by atoms with E-state index in [1.165, 1.54) is 0 Å². The molecule has 17 heavy (non-hydrogen) atoms. The number of alkyl halides is 3. The van der Waals surface area contributed by atoms with Gasteiger partial charge < -0.3 is 14.9 Å². The number of carboxylic acid groups (broad SMARTS) is 1. The molecule has 4 nitrogen and oxygen atoms in total. The van der Waals surface area contributed by atoms with Gasteiger partial charge >= 0.3 is 12.3 Å². The van der Waals surface area contributed by atoms with Gasteiger partial charge in [-0.25, -0.2) is 4.79 Å². The largest absolute Gasteiger partial charge is 0.573 e. The molecule has 0 spiro atoms. The van der Waals surface area contributed by atoms with Crippen LogP contribution in [0.4, 0.5) is 13.2 Å². The Bertz CT molecular complexity index is 433. The predicted octanol–water partition coefficient (Wildman–Crippen LogP) is 1.99. The van der Waals surface area contributed by atoms with Crippen molar-refractivity contribution in [2.45, 2.75) is 17.4 Å². The van der Waals surface area contributed by atoms with Crippen LogP contribution >= 0.6 is 12.6 Å². The maximum atomic E-state index is 11.9. The zero-order valence-corrected chi connectivity index (χ0v) is 9.00. The molecule has 0 saturated carbocycles. The Balaban J connectivity index is 2.98. The molecule has 8 heteroatoms. The van der Waals surface area contributed by atoms with Crippen LogP contribution < -0.4 is 4.74 Å². The van der Waals surface area contributed by atoms with E-state index in [0.717, 1.165) is 18.2 Å². The maximum Gasteiger partial charge on any atom is 0.573 e. The zero-order valence-electron chi connectivity index (χ0n) is 8.10. The summed E-state index contributed by atoms with van der Waals surface area (Å²) in [5.41, 5.74) is -0.0861. The van der Waals surface area contributed by atoms with Crippen LogP contribution in [0, 0.1) is 0 Å². The van der Waals surface area contributed by atoms with Crippen LogP contribution in [0.1, 0.15) is 11.7 Å². The molecule has 0 amide bonds. The molecule has 2 N–H and O–H groups in total. The number of carboxylic acids is 1. The van der Waals surface area contributed by atoms with Crippen LogP contribution in [-0.4, -0.2) is 22.5 Å². The van der Waals surface area contributed by atoms with Crippen molar-refractivity contribution in [1.29, 1.82) is 0 Å². The summed E-state index contributed by atoms with van der Waals surface area (Å²) < 4.78 is 39.3. The van der Waals surface area contributed by atoms with Crippen LogP contribution in [-0.2, 0) is 4.79 Å². The monoisotopic (exact) mass is 268 g/mol. The molecule has 0 aliphatic carbocycles. The second kappa shape index (κ2) is 4.84. The lowest BCUT2D eigenvalue weighted by molar-refractivity contribution is -0.275. The number of aliphatic carboxylic acids is 1. The molecule has 0 aliphatic rings. The molecule has 0 aliphatic heterocycles. The highest BCUT2D eigenvalue weighted by atomic mass is 32.1. The molecule has 1 aromatic rings. The van der Waals surface area contributed by atoms with Crippen LogP contribution in [0.2, 0.25) is 0 Å². The smallest absolute Gasteiger partial charge is 0.479 e. The van der Waals surface area contributed by atoms with Crippen LogP contribution in [0.25, 0.3) is 0 Å². The van der Waals surface area contributed by atoms with Gasteiger partial charge in [0.05, 0.1) is 0 Å². The summed E-state index contributed by atoms with van der Waals surface area (Å²) in [6, 6.07) is 2.89. The molecular formula is C9H7F3O4S. The summed E-state index contributed by atoms with van der Waals surface area (Å²) in [5, 5.41) is 17.6. The minimum absolute atomic E-state index is 0.0861. The van der Waals surface area contributed by atoms with Gasteiger partial charge in [-0.2, -0.15) is 0 Å². The Hall–Kier alpha value is -1.41. The van der Waals surface area contributed by atoms with Gasteiger partial charge in [0, 0.05) is 4.90 Å². The Kier molecular flexibility index (Phi) is 3.89. The van der Waals surface area contributed by atoms with Gasteiger partial charge in [0.1, 0.15) is 5.75 Å². The number of thiol groups is 1. The van der Waals surface area contributed by atoms with E-state index in [1.807, 2.05) is 0 Å². The van der Waals surface area contributed by atoms with Gasteiger partial charge in [0.25, 0.3) is 0 Å². The summed E-state index contributed by atoms with van der Waals surface area (Å²) in [5.74, 6) is -2.08. The van der Waals surface area contributed by atoms with Crippen molar-refractivity contribution in [3.05, 3.63) is 23.8 Å². The molecule has 0 aromatic heterocycles. The van der Waals surface area contributed by atoms with Crippen molar-refractivity contribution in [2.24, 2.45) is 0 Å². The van der Waals surface area contributed by atoms with E-state index in [-0.39, 0.29) is 10.5 Å². The van der Waals surface area contributed by atoms with Gasteiger partial charge in [-0.1, -0.05) is 6.07 Å². The number of rotatable bonds is 3. The molecule has 1 atom stereocenters. The highest BCUT2D eigenvalue weighted by Crippen LogP contribution is 2.31. The Morgan fingerprint density at radius 1 is 1.41 bits per heavy atom. The minimum atomic E-state index is -4.86. The molecule has 1 aromatic carbocycles. The van der Waals surface area contributed by atoms with E-state index < -0.39 is 24.2 Å². The summed E-state index contributed by atoms with van der Waals surface area (Å²) in [7, 11) is 0. The van der Waals surface area contributed by atoms with Crippen LogP contribution in [0.15, 0.2) is 23.1 Å². The van der Waals surface area contributed by atoms with Crippen molar-refractivity contribution in [2.75, 3.05) is 0 Å². The maximum absolute atomic E-state index is 11.9. The van der Waals surface area contributed by atoms with Gasteiger partial charge in [0.2, 0.25) is 0 Å². The summed E-state index contributed by atoms with van der Waals surface area (Å²) in [6.07, 6.45) is -6.68. The molecule has 0 bridgehead atoms. The normalized spacial score (nSPS) is 13.2. The zero-order chi connectivity index (χ0) is 13.2. The summed E-state index contributed by atoms with van der Waals surface area (Å²) in [4.78, 5) is 10.2. The standard InChI is InChI=1S/C9H7F3O4S/c10-9(11,12)16-5-2-1-4(3-6(5)17)7(13)8(14)15/h1-3,7,13,17H,(H,14,15). The second-order valence-electron chi connectivity index (χ2n) is 3.02. The third kappa shape index (κ3) is 3.82. The van der Waals surface area contributed by atoms with Crippen LogP contribution in [0.3, 0.4) is 0 Å². The summed E-state index contributed by atoms with van der Waals surface area (Å²) >= 11 is 3.71. The number of halogens is 3. The number of carbonyl (C=O) groups is 1. The van der Waals surface area contributed by atoms with Crippen molar-refractivity contribution in [3.8, 4) is 5.75 Å². The third-order valence-corrected chi connectivity index (χ3v) is 2.11.